The Morgan fingerprint density at radius 3 is 2.95 bits per heavy atom. The molecule has 0 amide bonds. The highest BCUT2D eigenvalue weighted by molar-refractivity contribution is 7.89. The van der Waals surface area contributed by atoms with E-state index in [9.17, 15) is 13.5 Å². The molecule has 8 heteroatoms. The molecule has 0 bridgehead atoms. The van der Waals surface area contributed by atoms with Crippen molar-refractivity contribution in [1.29, 1.82) is 0 Å². The minimum atomic E-state index is -3.68. The Kier molecular flexibility index (Phi) is 4.79. The number of sulfonamides is 1. The van der Waals surface area contributed by atoms with Crippen molar-refractivity contribution in [3.63, 3.8) is 0 Å². The van der Waals surface area contributed by atoms with Gasteiger partial charge in [0.05, 0.1) is 25.9 Å². The maximum absolute atomic E-state index is 12.6. The molecule has 0 aromatic carbocycles. The van der Waals surface area contributed by atoms with E-state index in [4.69, 9.17) is 4.74 Å². The van der Waals surface area contributed by atoms with E-state index in [0.717, 1.165) is 13.0 Å². The van der Waals surface area contributed by atoms with Gasteiger partial charge in [0.15, 0.2) is 5.03 Å². The van der Waals surface area contributed by atoms with Crippen LogP contribution < -0.4 is 0 Å². The quantitative estimate of drug-likeness (QED) is 0.826. The van der Waals surface area contributed by atoms with E-state index in [0.29, 0.717) is 12.4 Å². The number of hydrogen-bond donors (Lipinski definition) is 1. The third-order valence-corrected chi connectivity index (χ3v) is 5.20. The lowest BCUT2D eigenvalue weighted by molar-refractivity contribution is 0.0108. The highest BCUT2D eigenvalue weighted by atomic mass is 32.2. The molecule has 1 aliphatic rings. The van der Waals surface area contributed by atoms with E-state index < -0.39 is 16.1 Å². The molecule has 1 aromatic rings. The molecule has 1 fully saturated rings. The summed E-state index contributed by atoms with van der Waals surface area (Å²) >= 11 is 0. The SMILES string of the molecule is CCCn1cc(S(=O)(=O)N2CCOCC2CO)nc1C. The van der Waals surface area contributed by atoms with E-state index >= 15 is 0 Å². The van der Waals surface area contributed by atoms with Gasteiger partial charge in [-0.05, 0) is 13.3 Å². The minimum Gasteiger partial charge on any atom is -0.395 e. The van der Waals surface area contributed by atoms with Gasteiger partial charge in [0.25, 0.3) is 10.0 Å². The Morgan fingerprint density at radius 2 is 2.30 bits per heavy atom. The molecule has 1 N–H and O–H groups in total. The van der Waals surface area contributed by atoms with E-state index in [1.807, 2.05) is 11.5 Å². The summed E-state index contributed by atoms with van der Waals surface area (Å²) in [4.78, 5) is 4.16. The first kappa shape index (κ1) is 15.4. The fourth-order valence-corrected chi connectivity index (χ4v) is 3.87. The van der Waals surface area contributed by atoms with E-state index in [2.05, 4.69) is 4.98 Å². The molecule has 0 aliphatic carbocycles. The number of aryl methyl sites for hydroxylation is 2. The van der Waals surface area contributed by atoms with Crippen molar-refractivity contribution in [2.45, 2.75) is 37.9 Å². The molecule has 1 aliphatic heterocycles. The Bertz CT molecular complexity index is 555. The summed E-state index contributed by atoms with van der Waals surface area (Å²) in [5.41, 5.74) is 0. The number of hydrogen-bond acceptors (Lipinski definition) is 5. The number of rotatable bonds is 5. The predicted octanol–water partition coefficient (Wildman–Crippen LogP) is -0.0167. The van der Waals surface area contributed by atoms with Crippen LogP contribution in [0, 0.1) is 6.92 Å². The molecule has 114 valence electrons. The van der Waals surface area contributed by atoms with Crippen molar-refractivity contribution < 1.29 is 18.3 Å². The molecule has 1 aromatic heterocycles. The molecule has 1 atom stereocenters. The summed E-state index contributed by atoms with van der Waals surface area (Å²) in [6.07, 6.45) is 2.48. The normalized spacial score (nSPS) is 21.2. The fourth-order valence-electron chi connectivity index (χ4n) is 2.29. The van der Waals surface area contributed by atoms with Gasteiger partial charge in [-0.2, -0.15) is 4.31 Å². The van der Waals surface area contributed by atoms with Crippen LogP contribution in [0.1, 0.15) is 19.2 Å². The highest BCUT2D eigenvalue weighted by Crippen LogP contribution is 2.20. The van der Waals surface area contributed by atoms with Crippen LogP contribution in [0.2, 0.25) is 0 Å². The first-order valence-electron chi connectivity index (χ1n) is 6.75. The van der Waals surface area contributed by atoms with Crippen LogP contribution >= 0.6 is 0 Å². The Labute approximate surface area is 119 Å². The fraction of sp³-hybridized carbons (Fsp3) is 0.750. The second kappa shape index (κ2) is 6.21. The number of morpholine rings is 1. The van der Waals surface area contributed by atoms with Crippen LogP contribution in [0.15, 0.2) is 11.2 Å². The Balaban J connectivity index is 2.31. The average molecular weight is 303 g/mol. The van der Waals surface area contributed by atoms with E-state index in [-0.39, 0.29) is 24.8 Å². The summed E-state index contributed by atoms with van der Waals surface area (Å²) < 4.78 is 33.6. The number of nitrogens with zero attached hydrogens (tertiary/aromatic N) is 3. The number of aromatic nitrogens is 2. The van der Waals surface area contributed by atoms with Gasteiger partial charge in [-0.15, -0.1) is 0 Å². The van der Waals surface area contributed by atoms with Gasteiger partial charge in [-0.1, -0.05) is 6.92 Å². The van der Waals surface area contributed by atoms with Crippen molar-refractivity contribution in [3.05, 3.63) is 12.0 Å². The first-order valence-corrected chi connectivity index (χ1v) is 8.19. The molecule has 0 spiro atoms. The molecular formula is C12H21N3O4S. The lowest BCUT2D eigenvalue weighted by Gasteiger charge is -2.32. The van der Waals surface area contributed by atoms with Gasteiger partial charge in [-0.3, -0.25) is 0 Å². The van der Waals surface area contributed by atoms with Crippen molar-refractivity contribution in [2.24, 2.45) is 0 Å². The molecule has 7 nitrogen and oxygen atoms in total. The van der Waals surface area contributed by atoms with Crippen LogP contribution in [-0.2, 0) is 21.3 Å². The zero-order chi connectivity index (χ0) is 14.8. The molecule has 2 heterocycles. The topological polar surface area (TPSA) is 84.7 Å². The predicted molar refractivity (Wildman–Crippen MR) is 72.8 cm³/mol. The summed E-state index contributed by atoms with van der Waals surface area (Å²) in [6, 6.07) is -0.537. The second-order valence-corrected chi connectivity index (χ2v) is 6.68. The molecule has 20 heavy (non-hydrogen) atoms. The maximum Gasteiger partial charge on any atom is 0.262 e. The monoisotopic (exact) mass is 303 g/mol. The standard InChI is InChI=1S/C12H21N3O4S/c1-3-4-14-7-12(13-10(14)2)20(17,18)15-5-6-19-9-11(15)8-16/h7,11,16H,3-6,8-9H2,1-2H3. The average Bonchev–Trinajstić information content (AvgIpc) is 2.81. The zero-order valence-electron chi connectivity index (χ0n) is 11.8. The van der Waals surface area contributed by atoms with Gasteiger partial charge in [0.1, 0.15) is 5.82 Å². The summed E-state index contributed by atoms with van der Waals surface area (Å²) in [5.74, 6) is 0.680. The van der Waals surface area contributed by atoms with Crippen molar-refractivity contribution in [2.75, 3.05) is 26.4 Å². The lowest BCUT2D eigenvalue weighted by atomic mass is 10.3. The van der Waals surface area contributed by atoms with Crippen LogP contribution in [0.4, 0.5) is 0 Å². The lowest BCUT2D eigenvalue weighted by Crippen LogP contribution is -2.50. The number of ether oxygens (including phenoxy) is 1. The molecule has 0 saturated carbocycles. The van der Waals surface area contributed by atoms with Gasteiger partial charge in [0, 0.05) is 19.3 Å². The van der Waals surface area contributed by atoms with Crippen LogP contribution in [0.25, 0.3) is 0 Å². The number of aliphatic hydroxyl groups is 1. The van der Waals surface area contributed by atoms with Crippen molar-refractivity contribution in [1.82, 2.24) is 13.9 Å². The molecule has 2 rings (SSSR count). The smallest absolute Gasteiger partial charge is 0.262 e. The van der Waals surface area contributed by atoms with Crippen molar-refractivity contribution in [3.8, 4) is 0 Å². The minimum absolute atomic E-state index is 0.0452. The highest BCUT2D eigenvalue weighted by Gasteiger charge is 2.35. The summed E-state index contributed by atoms with van der Waals surface area (Å²) in [5, 5.41) is 9.35. The first-order chi connectivity index (χ1) is 9.50. The third-order valence-electron chi connectivity index (χ3n) is 3.38. The van der Waals surface area contributed by atoms with Crippen LogP contribution in [0.3, 0.4) is 0 Å². The maximum atomic E-state index is 12.6. The molecule has 1 unspecified atom stereocenters. The summed E-state index contributed by atoms with van der Waals surface area (Å²) in [7, 11) is -3.68. The molecule has 1 saturated heterocycles. The van der Waals surface area contributed by atoms with Gasteiger partial charge >= 0.3 is 0 Å². The van der Waals surface area contributed by atoms with Gasteiger partial charge in [-0.25, -0.2) is 13.4 Å². The van der Waals surface area contributed by atoms with Crippen molar-refractivity contribution >= 4 is 10.0 Å². The second-order valence-electron chi connectivity index (χ2n) is 4.85. The number of aliphatic hydroxyl groups excluding tert-OH is 1. The van der Waals surface area contributed by atoms with E-state index in [1.165, 1.54) is 4.31 Å². The molecular weight excluding hydrogens is 282 g/mol. The van der Waals surface area contributed by atoms with E-state index in [1.54, 1.807) is 13.1 Å². The summed E-state index contributed by atoms with van der Waals surface area (Å²) in [6.45, 7) is 5.09. The zero-order valence-corrected chi connectivity index (χ0v) is 12.6. The van der Waals surface area contributed by atoms with Crippen LogP contribution in [0.5, 0.6) is 0 Å². The Hall–Kier alpha value is -0.960. The van der Waals surface area contributed by atoms with Gasteiger partial charge in [0.2, 0.25) is 0 Å². The largest absolute Gasteiger partial charge is 0.395 e. The number of imidazole rings is 1. The van der Waals surface area contributed by atoms with Gasteiger partial charge < -0.3 is 14.4 Å². The molecule has 0 radical (unpaired) electrons. The van der Waals surface area contributed by atoms with Crippen LogP contribution in [-0.4, -0.2) is 59.8 Å². The third kappa shape index (κ3) is 2.88. The Morgan fingerprint density at radius 1 is 1.55 bits per heavy atom.